The van der Waals surface area contributed by atoms with Crippen molar-refractivity contribution in [2.75, 3.05) is 0 Å². The summed E-state index contributed by atoms with van der Waals surface area (Å²) in [6.45, 7) is 0.302. The van der Waals surface area contributed by atoms with Gasteiger partial charge in [-0.05, 0) is 35.5 Å². The molecule has 6 aromatic rings. The second-order valence-electron chi connectivity index (χ2n) is 7.90. The van der Waals surface area contributed by atoms with E-state index in [1.165, 1.54) is 9.36 Å². The predicted octanol–water partition coefficient (Wildman–Crippen LogP) is 3.35. The molecule has 11 heteroatoms. The van der Waals surface area contributed by atoms with Gasteiger partial charge in [-0.15, -0.1) is 15.3 Å². The molecule has 10 nitrogen and oxygen atoms in total. The van der Waals surface area contributed by atoms with Crippen LogP contribution in [-0.4, -0.2) is 35.0 Å². The Balaban J connectivity index is 1.33. The Morgan fingerprint density at radius 2 is 1.42 bits per heavy atom. The maximum atomic E-state index is 13.1. The molecule has 3 heterocycles. The number of hydrogen-bond donors (Lipinski definition) is 0. The molecule has 0 saturated heterocycles. The van der Waals surface area contributed by atoms with E-state index in [1.54, 1.807) is 42.5 Å². The van der Waals surface area contributed by atoms with Crippen LogP contribution in [0.3, 0.4) is 0 Å². The summed E-state index contributed by atoms with van der Waals surface area (Å²) in [6.07, 6.45) is 0. The number of thioether (sulfide) groups is 1. The smallest absolute Gasteiger partial charge is 0.278 e. The molecule has 176 valence electrons. The molecule has 0 bridgehead atoms. The number of hydrogen-bond acceptors (Lipinski definition) is 9. The molecular formula is C25H17N7O3S. The first-order valence-electron chi connectivity index (χ1n) is 11.0. The Hall–Kier alpha value is -4.64. The van der Waals surface area contributed by atoms with E-state index in [2.05, 4.69) is 25.6 Å². The highest BCUT2D eigenvalue weighted by Crippen LogP contribution is 2.27. The summed E-state index contributed by atoms with van der Waals surface area (Å²) in [5, 5.41) is 22.7. The Morgan fingerprint density at radius 3 is 2.25 bits per heavy atom. The number of fused-ring (bicyclic) bond motifs is 2. The third-order valence-electron chi connectivity index (χ3n) is 5.59. The fourth-order valence-electron chi connectivity index (χ4n) is 3.84. The van der Waals surface area contributed by atoms with Crippen LogP contribution in [0.2, 0.25) is 0 Å². The molecule has 3 aromatic heterocycles. The molecule has 0 N–H and O–H groups in total. The van der Waals surface area contributed by atoms with E-state index in [1.807, 2.05) is 36.4 Å². The molecule has 0 fully saturated rings. The number of nitrogens with zero attached hydrogens (tertiary/aromatic N) is 7. The van der Waals surface area contributed by atoms with E-state index in [0.717, 1.165) is 17.3 Å². The van der Waals surface area contributed by atoms with Crippen LogP contribution in [0.4, 0.5) is 0 Å². The molecule has 0 amide bonds. The molecule has 0 saturated carbocycles. The molecule has 0 aliphatic heterocycles. The lowest BCUT2D eigenvalue weighted by atomic mass is 10.1. The van der Waals surface area contributed by atoms with Crippen molar-refractivity contribution in [3.8, 4) is 11.6 Å². The van der Waals surface area contributed by atoms with Crippen LogP contribution in [-0.2, 0) is 12.4 Å². The monoisotopic (exact) mass is 495 g/mol. The zero-order chi connectivity index (χ0) is 24.5. The van der Waals surface area contributed by atoms with Crippen LogP contribution in [0.25, 0.3) is 33.3 Å². The number of aromatic nitrogens is 7. The topological polar surface area (TPSA) is 122 Å². The van der Waals surface area contributed by atoms with Crippen molar-refractivity contribution in [3.05, 3.63) is 105 Å². The SMILES string of the molecule is O=c1c2ccccc2nnn1CSc1nnc(-c2nn(Cc3ccccc3)c(=O)c3ccccc23)o1. The second-order valence-corrected chi connectivity index (χ2v) is 8.80. The lowest BCUT2D eigenvalue weighted by molar-refractivity contribution is 0.461. The molecule has 0 radical (unpaired) electrons. The van der Waals surface area contributed by atoms with E-state index in [-0.39, 0.29) is 28.1 Å². The highest BCUT2D eigenvalue weighted by atomic mass is 32.2. The summed E-state index contributed by atoms with van der Waals surface area (Å²) in [5.74, 6) is 0.312. The Bertz CT molecular complexity index is 1830. The fourth-order valence-corrected chi connectivity index (χ4v) is 4.48. The van der Waals surface area contributed by atoms with E-state index in [0.29, 0.717) is 33.9 Å². The van der Waals surface area contributed by atoms with E-state index >= 15 is 0 Å². The van der Waals surface area contributed by atoms with Gasteiger partial charge in [0.15, 0.2) is 5.69 Å². The largest absolute Gasteiger partial charge is 0.409 e. The molecule has 3 aromatic carbocycles. The standard InChI is InChI=1S/C25H17N7O3S/c33-23-18-11-5-4-10-17(18)21(29-31(23)14-16-8-2-1-3-9-16)22-27-28-25(35-22)36-15-32-24(34)19-12-6-7-13-20(19)26-30-32/h1-13H,14-15H2. The first kappa shape index (κ1) is 21.9. The summed E-state index contributed by atoms with van der Waals surface area (Å²) in [7, 11) is 0. The van der Waals surface area contributed by atoms with Gasteiger partial charge in [0.25, 0.3) is 22.2 Å². The van der Waals surface area contributed by atoms with Gasteiger partial charge in [0.05, 0.1) is 17.3 Å². The second kappa shape index (κ2) is 9.19. The third-order valence-corrected chi connectivity index (χ3v) is 6.38. The van der Waals surface area contributed by atoms with Crippen molar-refractivity contribution in [1.82, 2.24) is 35.0 Å². The summed E-state index contributed by atoms with van der Waals surface area (Å²) in [6, 6.07) is 23.8. The zero-order valence-corrected chi connectivity index (χ0v) is 19.5. The van der Waals surface area contributed by atoms with Crippen LogP contribution < -0.4 is 11.1 Å². The average Bonchev–Trinajstić information content (AvgIpc) is 3.39. The normalized spacial score (nSPS) is 11.3. The van der Waals surface area contributed by atoms with Gasteiger partial charge in [0, 0.05) is 5.39 Å². The first-order valence-corrected chi connectivity index (χ1v) is 12.0. The first-order chi connectivity index (χ1) is 17.7. The van der Waals surface area contributed by atoms with Crippen molar-refractivity contribution < 1.29 is 4.42 Å². The van der Waals surface area contributed by atoms with Crippen molar-refractivity contribution in [2.24, 2.45) is 0 Å². The maximum absolute atomic E-state index is 13.1. The summed E-state index contributed by atoms with van der Waals surface area (Å²) in [5.41, 5.74) is 1.42. The number of rotatable bonds is 6. The molecular weight excluding hydrogens is 478 g/mol. The zero-order valence-electron chi connectivity index (χ0n) is 18.7. The molecule has 0 atom stereocenters. The third kappa shape index (κ3) is 4.05. The Morgan fingerprint density at radius 1 is 0.722 bits per heavy atom. The highest BCUT2D eigenvalue weighted by molar-refractivity contribution is 7.98. The van der Waals surface area contributed by atoms with Crippen LogP contribution >= 0.6 is 11.8 Å². The van der Waals surface area contributed by atoms with Gasteiger partial charge in [-0.3, -0.25) is 9.59 Å². The van der Waals surface area contributed by atoms with Gasteiger partial charge < -0.3 is 4.42 Å². The van der Waals surface area contributed by atoms with Crippen LogP contribution in [0, 0.1) is 0 Å². The Labute approximate surface area is 207 Å². The molecule has 6 rings (SSSR count). The molecule has 36 heavy (non-hydrogen) atoms. The Kier molecular flexibility index (Phi) is 5.58. The average molecular weight is 496 g/mol. The summed E-state index contributed by atoms with van der Waals surface area (Å²) in [4.78, 5) is 25.8. The highest BCUT2D eigenvalue weighted by Gasteiger charge is 2.18. The van der Waals surface area contributed by atoms with Crippen molar-refractivity contribution >= 4 is 33.4 Å². The van der Waals surface area contributed by atoms with E-state index < -0.39 is 0 Å². The molecule has 0 aliphatic carbocycles. The fraction of sp³-hybridized carbons (Fsp3) is 0.0800. The minimum absolute atomic E-state index is 0.139. The minimum Gasteiger partial charge on any atom is -0.409 e. The maximum Gasteiger partial charge on any atom is 0.278 e. The quantitative estimate of drug-likeness (QED) is 0.320. The minimum atomic E-state index is -0.256. The van der Waals surface area contributed by atoms with E-state index in [4.69, 9.17) is 4.42 Å². The molecule has 0 unspecified atom stereocenters. The van der Waals surface area contributed by atoms with Crippen LogP contribution in [0.15, 0.2) is 98.1 Å². The van der Waals surface area contributed by atoms with Gasteiger partial charge in [-0.2, -0.15) is 9.78 Å². The van der Waals surface area contributed by atoms with Gasteiger partial charge >= 0.3 is 0 Å². The molecule has 0 aliphatic rings. The van der Waals surface area contributed by atoms with Gasteiger partial charge in [0.1, 0.15) is 11.4 Å². The van der Waals surface area contributed by atoms with Crippen molar-refractivity contribution in [1.29, 1.82) is 0 Å². The lowest BCUT2D eigenvalue weighted by Crippen LogP contribution is -2.24. The summed E-state index contributed by atoms with van der Waals surface area (Å²) < 4.78 is 8.51. The van der Waals surface area contributed by atoms with E-state index in [9.17, 15) is 9.59 Å². The lowest BCUT2D eigenvalue weighted by Gasteiger charge is -2.09. The van der Waals surface area contributed by atoms with Crippen molar-refractivity contribution in [3.63, 3.8) is 0 Å². The molecule has 0 spiro atoms. The van der Waals surface area contributed by atoms with Crippen LogP contribution in [0.1, 0.15) is 5.56 Å². The summed E-state index contributed by atoms with van der Waals surface area (Å²) >= 11 is 1.15. The number of benzene rings is 3. The predicted molar refractivity (Wildman–Crippen MR) is 134 cm³/mol. The van der Waals surface area contributed by atoms with Crippen LogP contribution in [0.5, 0.6) is 0 Å². The van der Waals surface area contributed by atoms with Gasteiger partial charge in [-0.1, -0.05) is 65.9 Å². The van der Waals surface area contributed by atoms with Crippen molar-refractivity contribution in [2.45, 2.75) is 17.6 Å². The van der Waals surface area contributed by atoms with Gasteiger partial charge in [0.2, 0.25) is 0 Å². The van der Waals surface area contributed by atoms with Gasteiger partial charge in [-0.25, -0.2) is 4.68 Å².